The van der Waals surface area contributed by atoms with Crippen molar-refractivity contribution in [2.45, 2.75) is 38.2 Å². The summed E-state index contributed by atoms with van der Waals surface area (Å²) in [6.45, 7) is 3.60. The molecule has 9 heteroatoms. The molecule has 0 saturated heterocycles. The highest BCUT2D eigenvalue weighted by atomic mass is 35.5. The summed E-state index contributed by atoms with van der Waals surface area (Å²) in [4.78, 5) is 25.2. The number of nitrogens with one attached hydrogen (secondary N) is 1. The van der Waals surface area contributed by atoms with Gasteiger partial charge in [-0.1, -0.05) is 77.8 Å². The van der Waals surface area contributed by atoms with Gasteiger partial charge in [0.2, 0.25) is 0 Å². The summed E-state index contributed by atoms with van der Waals surface area (Å²) in [6, 6.07) is 20.6. The Morgan fingerprint density at radius 3 is 2.29 bits per heavy atom. The van der Waals surface area contributed by atoms with Gasteiger partial charge in [-0.05, 0) is 72.6 Å². The Labute approximate surface area is 234 Å². The molecule has 0 bridgehead atoms. The van der Waals surface area contributed by atoms with Gasteiger partial charge in [0.1, 0.15) is 6.10 Å². The molecule has 4 aromatic rings. The van der Waals surface area contributed by atoms with Crippen LogP contribution in [0, 0.1) is 6.92 Å². The molecule has 1 aromatic heterocycles. The minimum Gasteiger partial charge on any atom is -0.481 e. The first-order valence-corrected chi connectivity index (χ1v) is 13.5. The molecule has 194 valence electrons. The first-order valence-electron chi connectivity index (χ1n) is 12.0. The molecule has 5 rings (SSSR count). The van der Waals surface area contributed by atoms with E-state index in [1.165, 1.54) is 11.5 Å². The van der Waals surface area contributed by atoms with Crippen molar-refractivity contribution in [3.8, 4) is 21.6 Å². The Morgan fingerprint density at radius 2 is 1.66 bits per heavy atom. The number of carboxylic acid groups (broad SMARTS) is 1. The molecular weight excluding hydrogens is 543 g/mol. The molecule has 1 atom stereocenters. The summed E-state index contributed by atoms with van der Waals surface area (Å²) in [6.07, 6.45) is 0.0883. The van der Waals surface area contributed by atoms with Gasteiger partial charge in [0.25, 0.3) is 0 Å². The van der Waals surface area contributed by atoms with Crippen LogP contribution in [0.15, 0.2) is 66.7 Å². The van der Waals surface area contributed by atoms with E-state index in [1.54, 1.807) is 13.0 Å². The van der Waals surface area contributed by atoms with Crippen LogP contribution in [0.5, 0.6) is 0 Å². The molecule has 1 unspecified atom stereocenters. The molecule has 6 nitrogen and oxygen atoms in total. The predicted molar refractivity (Wildman–Crippen MR) is 151 cm³/mol. The molecule has 1 heterocycles. The lowest BCUT2D eigenvalue weighted by molar-refractivity contribution is -0.140. The lowest BCUT2D eigenvalue weighted by Crippen LogP contribution is -2.19. The molecule has 38 heavy (non-hydrogen) atoms. The lowest BCUT2D eigenvalue weighted by atomic mass is 9.93. The smallest absolute Gasteiger partial charge is 0.412 e. The number of hydrogen-bond donors (Lipinski definition) is 2. The maximum Gasteiger partial charge on any atom is 0.412 e. The maximum atomic E-state index is 12.7. The lowest BCUT2D eigenvalue weighted by Gasteiger charge is -2.16. The van der Waals surface area contributed by atoms with E-state index in [0.717, 1.165) is 27.1 Å². The zero-order valence-corrected chi connectivity index (χ0v) is 23.0. The summed E-state index contributed by atoms with van der Waals surface area (Å²) in [5.74, 6) is -0.831. The molecule has 3 aromatic carbocycles. The Bertz CT molecular complexity index is 1530. The fourth-order valence-electron chi connectivity index (χ4n) is 4.49. The van der Waals surface area contributed by atoms with E-state index < -0.39 is 23.6 Å². The molecule has 1 aliphatic carbocycles. The Kier molecular flexibility index (Phi) is 7.18. The summed E-state index contributed by atoms with van der Waals surface area (Å²) >= 11 is 14.0. The van der Waals surface area contributed by atoms with E-state index in [1.807, 2.05) is 67.6 Å². The minimum atomic E-state index is -0.848. The second-order valence-electron chi connectivity index (χ2n) is 9.33. The van der Waals surface area contributed by atoms with Crippen molar-refractivity contribution in [1.29, 1.82) is 0 Å². The van der Waals surface area contributed by atoms with E-state index in [9.17, 15) is 14.7 Å². The quantitative estimate of drug-likeness (QED) is 0.234. The van der Waals surface area contributed by atoms with Crippen molar-refractivity contribution >= 4 is 52.5 Å². The van der Waals surface area contributed by atoms with Crippen molar-refractivity contribution in [3.05, 3.63) is 93.6 Å². The number of benzene rings is 3. The number of hydrogen-bond acceptors (Lipinski definition) is 5. The van der Waals surface area contributed by atoms with E-state index in [-0.39, 0.29) is 0 Å². The van der Waals surface area contributed by atoms with Gasteiger partial charge < -0.3 is 9.84 Å². The molecule has 0 radical (unpaired) electrons. The highest BCUT2D eigenvalue weighted by molar-refractivity contribution is 7.10. The van der Waals surface area contributed by atoms with Crippen LogP contribution in [0.1, 0.15) is 42.7 Å². The third-order valence-electron chi connectivity index (χ3n) is 6.84. The average Bonchev–Trinajstić information content (AvgIpc) is 3.63. The third kappa shape index (κ3) is 5.01. The van der Waals surface area contributed by atoms with Crippen LogP contribution in [-0.4, -0.2) is 21.5 Å². The van der Waals surface area contributed by atoms with E-state index >= 15 is 0 Å². The van der Waals surface area contributed by atoms with E-state index in [0.29, 0.717) is 39.8 Å². The normalized spacial score (nSPS) is 14.5. The number of halogens is 2. The van der Waals surface area contributed by atoms with Crippen molar-refractivity contribution in [2.24, 2.45) is 0 Å². The predicted octanol–water partition coefficient (Wildman–Crippen LogP) is 8.52. The van der Waals surface area contributed by atoms with Gasteiger partial charge in [-0.3, -0.25) is 10.1 Å². The number of ether oxygens (including phenoxy) is 1. The number of carbonyl (C=O) groups is 2. The standard InChI is InChI=1S/C29H24Cl2N2O4S/c1-16-25(32-28(36)37-17(2)21-5-3-4-6-23(21)30)26(38-33-16)19-9-7-18(8-10-19)20-11-12-22(24(31)15-20)29(13-14-29)27(34)35/h3-12,15,17H,13-14H2,1-2H3,(H,32,36)(H,34,35). The van der Waals surface area contributed by atoms with Crippen molar-refractivity contribution < 1.29 is 19.4 Å². The second-order valence-corrected chi connectivity index (χ2v) is 10.9. The maximum absolute atomic E-state index is 12.7. The zero-order valence-electron chi connectivity index (χ0n) is 20.6. The van der Waals surface area contributed by atoms with Gasteiger partial charge in [-0.25, -0.2) is 4.79 Å². The van der Waals surface area contributed by atoms with Crippen molar-refractivity contribution in [1.82, 2.24) is 4.37 Å². The summed E-state index contributed by atoms with van der Waals surface area (Å²) in [7, 11) is 0. The molecule has 1 saturated carbocycles. The zero-order chi connectivity index (χ0) is 27.0. The van der Waals surface area contributed by atoms with Gasteiger partial charge in [-0.2, -0.15) is 4.37 Å². The number of carbonyl (C=O) groups excluding carboxylic acids is 1. The summed E-state index contributed by atoms with van der Waals surface area (Å²) in [5.41, 5.74) is 4.54. The number of aryl methyl sites for hydroxylation is 1. The average molecular weight is 567 g/mol. The molecule has 2 N–H and O–H groups in total. The van der Waals surface area contributed by atoms with Crippen LogP contribution in [0.25, 0.3) is 21.6 Å². The number of rotatable bonds is 7. The molecule has 0 spiro atoms. The van der Waals surface area contributed by atoms with Gasteiger partial charge in [0.15, 0.2) is 0 Å². The Balaban J connectivity index is 1.33. The minimum absolute atomic E-state index is 0.459. The largest absolute Gasteiger partial charge is 0.481 e. The van der Waals surface area contributed by atoms with Crippen LogP contribution in [0.3, 0.4) is 0 Å². The Hall–Kier alpha value is -3.39. The number of carboxylic acids is 1. The number of amides is 1. The fraction of sp³-hybridized carbons (Fsp3) is 0.207. The van der Waals surface area contributed by atoms with Crippen LogP contribution in [0.2, 0.25) is 10.0 Å². The number of nitrogens with zero attached hydrogens (tertiary/aromatic N) is 1. The van der Waals surface area contributed by atoms with Gasteiger partial charge >= 0.3 is 12.1 Å². The Morgan fingerprint density at radius 1 is 1.00 bits per heavy atom. The van der Waals surface area contributed by atoms with Gasteiger partial charge in [0.05, 0.1) is 21.7 Å². The number of aromatic nitrogens is 1. The molecule has 1 amide bonds. The van der Waals surface area contributed by atoms with Crippen LogP contribution in [-0.2, 0) is 14.9 Å². The van der Waals surface area contributed by atoms with E-state index in [4.69, 9.17) is 27.9 Å². The van der Waals surface area contributed by atoms with Crippen LogP contribution < -0.4 is 5.32 Å². The summed E-state index contributed by atoms with van der Waals surface area (Å²) in [5, 5.41) is 13.4. The molecule has 1 aliphatic rings. The molecule has 1 fully saturated rings. The number of anilines is 1. The molecule has 0 aliphatic heterocycles. The highest BCUT2D eigenvalue weighted by Gasteiger charge is 2.52. The van der Waals surface area contributed by atoms with Crippen LogP contribution in [0.4, 0.5) is 10.5 Å². The third-order valence-corrected chi connectivity index (χ3v) is 8.49. The van der Waals surface area contributed by atoms with Crippen LogP contribution >= 0.6 is 34.7 Å². The number of aliphatic carboxylic acids is 1. The second kappa shape index (κ2) is 10.4. The fourth-order valence-corrected chi connectivity index (χ4v) is 6.00. The van der Waals surface area contributed by atoms with Gasteiger partial charge in [-0.15, -0.1) is 0 Å². The first-order chi connectivity index (χ1) is 18.2. The monoisotopic (exact) mass is 566 g/mol. The SMILES string of the molecule is Cc1nsc(-c2ccc(-c3ccc(C4(C(=O)O)CC4)c(Cl)c3)cc2)c1NC(=O)OC(C)c1ccccc1Cl. The highest BCUT2D eigenvalue weighted by Crippen LogP contribution is 2.51. The van der Waals surface area contributed by atoms with Crippen molar-refractivity contribution in [2.75, 3.05) is 5.32 Å². The van der Waals surface area contributed by atoms with E-state index in [2.05, 4.69) is 9.69 Å². The van der Waals surface area contributed by atoms with Gasteiger partial charge in [0, 0.05) is 15.6 Å². The molecular formula is C29H24Cl2N2O4S. The summed E-state index contributed by atoms with van der Waals surface area (Å²) < 4.78 is 10.00. The van der Waals surface area contributed by atoms with Crippen molar-refractivity contribution in [3.63, 3.8) is 0 Å². The first kappa shape index (κ1) is 26.2. The topological polar surface area (TPSA) is 88.5 Å².